The lowest BCUT2D eigenvalue weighted by Crippen LogP contribution is -2.53. The molecule has 0 spiro atoms. The van der Waals surface area contributed by atoms with E-state index in [1.165, 1.54) is 24.1 Å². The topological polar surface area (TPSA) is 86.8 Å². The van der Waals surface area contributed by atoms with Crippen molar-refractivity contribution in [2.45, 2.75) is 44.7 Å². The van der Waals surface area contributed by atoms with Gasteiger partial charge >= 0.3 is 0 Å². The predicted octanol–water partition coefficient (Wildman–Crippen LogP) is 6.50. The van der Waals surface area contributed by atoms with Crippen molar-refractivity contribution in [2.75, 3.05) is 17.9 Å². The molecule has 2 amide bonds. The Kier molecular flexibility index (Phi) is 10.7. The number of anilines is 1. The first-order valence-corrected chi connectivity index (χ1v) is 16.3. The molecule has 4 aromatic rings. The lowest BCUT2D eigenvalue weighted by atomic mass is 10.0. The van der Waals surface area contributed by atoms with Crippen LogP contribution in [0, 0.1) is 20.8 Å². The maximum atomic E-state index is 14.5. The lowest BCUT2D eigenvalue weighted by molar-refractivity contribution is -0.139. The fourth-order valence-corrected chi connectivity index (χ4v) is 6.90. The van der Waals surface area contributed by atoms with Gasteiger partial charge < -0.3 is 10.2 Å². The van der Waals surface area contributed by atoms with E-state index in [-0.39, 0.29) is 17.9 Å². The minimum atomic E-state index is -4.21. The zero-order valence-electron chi connectivity index (χ0n) is 25.1. The van der Waals surface area contributed by atoms with Crippen LogP contribution in [0.25, 0.3) is 0 Å². The van der Waals surface area contributed by atoms with Crippen LogP contribution < -0.4 is 9.62 Å². The van der Waals surface area contributed by atoms with E-state index in [1.54, 1.807) is 43.3 Å². The summed E-state index contributed by atoms with van der Waals surface area (Å²) in [5.74, 6) is -1.01. The Morgan fingerprint density at radius 1 is 0.818 bits per heavy atom. The van der Waals surface area contributed by atoms with Gasteiger partial charge in [-0.1, -0.05) is 89.4 Å². The van der Waals surface area contributed by atoms with Gasteiger partial charge in [0.1, 0.15) is 12.6 Å². The molecule has 0 aliphatic rings. The Morgan fingerprint density at radius 3 is 2.05 bits per heavy atom. The molecule has 1 unspecified atom stereocenters. The molecule has 0 radical (unpaired) electrons. The van der Waals surface area contributed by atoms with Gasteiger partial charge in [0.05, 0.1) is 10.6 Å². The molecule has 1 atom stereocenters. The van der Waals surface area contributed by atoms with E-state index in [1.807, 2.05) is 56.3 Å². The van der Waals surface area contributed by atoms with Crippen molar-refractivity contribution in [2.24, 2.45) is 0 Å². The molecule has 0 aromatic heterocycles. The van der Waals surface area contributed by atoms with Gasteiger partial charge in [0.2, 0.25) is 11.8 Å². The monoisotopic (exact) mass is 651 g/mol. The minimum absolute atomic E-state index is 0.0460. The summed E-state index contributed by atoms with van der Waals surface area (Å²) >= 11 is 13.1. The third-order valence-electron chi connectivity index (χ3n) is 7.43. The predicted molar refractivity (Wildman–Crippen MR) is 177 cm³/mol. The average Bonchev–Trinajstić information content (AvgIpc) is 3.00. The molecule has 0 aliphatic carbocycles. The third kappa shape index (κ3) is 7.62. The SMILES string of the molecule is CNC(=O)C(Cc1ccccc1)N(Cc1c(Cl)cccc1Cl)C(=O)CN(c1cc(C)ccc1C)S(=O)(=O)c1ccc(C)cc1. The number of nitrogens with zero attached hydrogens (tertiary/aromatic N) is 2. The van der Waals surface area contributed by atoms with Crippen molar-refractivity contribution in [3.63, 3.8) is 0 Å². The Morgan fingerprint density at radius 2 is 1.43 bits per heavy atom. The number of likely N-dealkylation sites (N-methyl/N-ethyl adjacent to an activating group) is 1. The second-order valence-corrected chi connectivity index (χ2v) is 13.3. The van der Waals surface area contributed by atoms with Gasteiger partial charge in [0.15, 0.2) is 0 Å². The van der Waals surface area contributed by atoms with Gasteiger partial charge in [-0.2, -0.15) is 0 Å². The molecule has 4 rings (SSSR count). The minimum Gasteiger partial charge on any atom is -0.357 e. The van der Waals surface area contributed by atoms with Gasteiger partial charge in [-0.3, -0.25) is 13.9 Å². The highest BCUT2D eigenvalue weighted by Gasteiger charge is 2.35. The molecule has 7 nitrogen and oxygen atoms in total. The van der Waals surface area contributed by atoms with Gasteiger partial charge in [-0.25, -0.2) is 8.42 Å². The van der Waals surface area contributed by atoms with Crippen LogP contribution >= 0.6 is 23.2 Å². The molecule has 10 heteroatoms. The van der Waals surface area contributed by atoms with E-state index >= 15 is 0 Å². The number of hydrogen-bond donors (Lipinski definition) is 1. The van der Waals surface area contributed by atoms with Crippen LogP contribution in [0.5, 0.6) is 0 Å². The highest BCUT2D eigenvalue weighted by molar-refractivity contribution is 7.92. The number of sulfonamides is 1. The van der Waals surface area contributed by atoms with E-state index in [0.717, 1.165) is 21.0 Å². The molecule has 4 aromatic carbocycles. The maximum absolute atomic E-state index is 14.5. The number of carbonyl (C=O) groups excluding carboxylic acids is 2. The lowest BCUT2D eigenvalue weighted by Gasteiger charge is -2.34. The smallest absolute Gasteiger partial charge is 0.264 e. The van der Waals surface area contributed by atoms with Crippen LogP contribution in [0.4, 0.5) is 5.69 Å². The fourth-order valence-electron chi connectivity index (χ4n) is 4.91. The molecular formula is C34H35Cl2N3O4S. The first kappa shape index (κ1) is 33.1. The van der Waals surface area contributed by atoms with Gasteiger partial charge in [0, 0.05) is 35.6 Å². The van der Waals surface area contributed by atoms with Gasteiger partial charge in [-0.05, 0) is 67.8 Å². The third-order valence-corrected chi connectivity index (χ3v) is 9.91. The number of nitrogens with one attached hydrogen (secondary N) is 1. The zero-order valence-corrected chi connectivity index (χ0v) is 27.4. The highest BCUT2D eigenvalue weighted by atomic mass is 35.5. The number of aryl methyl sites for hydroxylation is 3. The van der Waals surface area contributed by atoms with E-state index in [2.05, 4.69) is 5.32 Å². The Hall–Kier alpha value is -3.85. The molecule has 0 heterocycles. The Labute approximate surface area is 269 Å². The van der Waals surface area contributed by atoms with E-state index in [4.69, 9.17) is 23.2 Å². The van der Waals surface area contributed by atoms with E-state index < -0.39 is 34.4 Å². The highest BCUT2D eigenvalue weighted by Crippen LogP contribution is 2.31. The van der Waals surface area contributed by atoms with Crippen molar-refractivity contribution in [1.82, 2.24) is 10.2 Å². The van der Waals surface area contributed by atoms with Crippen LogP contribution in [0.2, 0.25) is 10.0 Å². The molecule has 0 bridgehead atoms. The van der Waals surface area contributed by atoms with Gasteiger partial charge in [0.25, 0.3) is 10.0 Å². The zero-order chi connectivity index (χ0) is 32.0. The number of benzene rings is 4. The summed E-state index contributed by atoms with van der Waals surface area (Å²) in [5.41, 5.74) is 4.04. The summed E-state index contributed by atoms with van der Waals surface area (Å²) in [6, 6.07) is 25.2. The standard InChI is InChI=1S/C34H35Cl2N3O4S/c1-23-14-17-27(18-15-23)44(42,43)39(31-19-24(2)13-16-25(31)3)22-33(40)38(21-28-29(35)11-8-12-30(28)36)32(34(41)37-4)20-26-9-6-5-7-10-26/h5-19,32H,20-22H2,1-4H3,(H,37,41). The molecule has 0 fully saturated rings. The summed E-state index contributed by atoms with van der Waals surface area (Å²) in [4.78, 5) is 29.3. The van der Waals surface area contributed by atoms with E-state index in [0.29, 0.717) is 26.9 Å². The van der Waals surface area contributed by atoms with Crippen molar-refractivity contribution in [3.05, 3.63) is 129 Å². The molecular weight excluding hydrogens is 617 g/mol. The molecule has 1 N–H and O–H groups in total. The van der Waals surface area contributed by atoms with Crippen molar-refractivity contribution < 1.29 is 18.0 Å². The number of rotatable bonds is 11. The molecule has 0 saturated heterocycles. The second kappa shape index (κ2) is 14.3. The van der Waals surface area contributed by atoms with Crippen LogP contribution in [0.15, 0.2) is 95.9 Å². The summed E-state index contributed by atoms with van der Waals surface area (Å²) in [7, 11) is -2.71. The average molecular weight is 653 g/mol. The van der Waals surface area contributed by atoms with E-state index in [9.17, 15) is 18.0 Å². The molecule has 0 saturated carbocycles. The quantitative estimate of drug-likeness (QED) is 0.201. The fraction of sp³-hybridized carbons (Fsp3) is 0.235. The number of amides is 2. The summed E-state index contributed by atoms with van der Waals surface area (Å²) < 4.78 is 29.6. The van der Waals surface area contributed by atoms with Crippen molar-refractivity contribution in [1.29, 1.82) is 0 Å². The van der Waals surface area contributed by atoms with Crippen LogP contribution in [0.1, 0.15) is 27.8 Å². The largest absolute Gasteiger partial charge is 0.357 e. The van der Waals surface area contributed by atoms with Crippen molar-refractivity contribution in [3.8, 4) is 0 Å². The normalized spacial score (nSPS) is 12.0. The summed E-state index contributed by atoms with van der Waals surface area (Å²) in [5, 5.41) is 3.31. The first-order valence-electron chi connectivity index (χ1n) is 14.1. The first-order chi connectivity index (χ1) is 20.9. The number of hydrogen-bond acceptors (Lipinski definition) is 4. The second-order valence-electron chi connectivity index (χ2n) is 10.7. The Bertz CT molecular complexity index is 1730. The van der Waals surface area contributed by atoms with Crippen LogP contribution in [-0.4, -0.2) is 44.8 Å². The van der Waals surface area contributed by atoms with Crippen LogP contribution in [-0.2, 0) is 32.6 Å². The van der Waals surface area contributed by atoms with Gasteiger partial charge in [-0.15, -0.1) is 0 Å². The molecule has 0 aliphatic heterocycles. The summed E-state index contributed by atoms with van der Waals surface area (Å²) in [6.07, 6.45) is 0.183. The summed E-state index contributed by atoms with van der Waals surface area (Å²) in [6.45, 7) is 4.83. The molecule has 230 valence electrons. The number of halogens is 2. The Balaban J connectivity index is 1.85. The number of carbonyl (C=O) groups is 2. The maximum Gasteiger partial charge on any atom is 0.264 e. The van der Waals surface area contributed by atoms with Crippen molar-refractivity contribution >= 4 is 50.7 Å². The molecule has 44 heavy (non-hydrogen) atoms. The van der Waals surface area contributed by atoms with Crippen LogP contribution in [0.3, 0.4) is 0 Å².